The molecule has 1 heterocycles. The fourth-order valence-corrected chi connectivity index (χ4v) is 1.02. The zero-order chi connectivity index (χ0) is 9.14. The van der Waals surface area contributed by atoms with Crippen molar-refractivity contribution < 1.29 is 14.4 Å². The number of rotatable bonds is 2. The van der Waals surface area contributed by atoms with Gasteiger partial charge in [-0.05, 0) is 0 Å². The highest BCUT2D eigenvalue weighted by Crippen LogP contribution is 2.00. The van der Waals surface area contributed by atoms with Crippen LogP contribution in [-0.4, -0.2) is 54.6 Å². The fourth-order valence-electron chi connectivity index (χ4n) is 1.02. The van der Waals surface area contributed by atoms with Crippen LogP contribution in [0.25, 0.3) is 0 Å². The second kappa shape index (κ2) is 3.34. The molecule has 1 rings (SSSR count). The summed E-state index contributed by atoms with van der Waals surface area (Å²) in [5, 5.41) is 0. The maximum atomic E-state index is 11.1. The molecule has 66 valence electrons. The predicted octanol–water partition coefficient (Wildman–Crippen LogP) is -1.51. The van der Waals surface area contributed by atoms with Gasteiger partial charge in [-0.25, -0.2) is 0 Å². The van der Waals surface area contributed by atoms with E-state index in [1.165, 1.54) is 9.80 Å². The van der Waals surface area contributed by atoms with Gasteiger partial charge in [0.1, 0.15) is 12.8 Å². The van der Waals surface area contributed by atoms with Crippen molar-refractivity contribution in [2.45, 2.75) is 0 Å². The summed E-state index contributed by atoms with van der Waals surface area (Å²) in [5.74, 6) is -0.305. The Kier molecular flexibility index (Phi) is 2.42. The van der Waals surface area contributed by atoms with E-state index in [1.54, 1.807) is 7.05 Å². The van der Waals surface area contributed by atoms with Gasteiger partial charge in [0.05, 0.1) is 13.1 Å². The maximum Gasteiger partial charge on any atom is 0.243 e. The number of nitrogens with zero attached hydrogens (tertiary/aromatic N) is 2. The van der Waals surface area contributed by atoms with E-state index in [0.717, 1.165) is 0 Å². The normalized spacial score (nSPS) is 18.4. The third-order valence-corrected chi connectivity index (χ3v) is 1.77. The van der Waals surface area contributed by atoms with Gasteiger partial charge in [0.2, 0.25) is 11.8 Å². The van der Waals surface area contributed by atoms with Crippen molar-refractivity contribution in [3.05, 3.63) is 0 Å². The number of carbonyl (C=O) groups is 3. The number of hydrogen-bond donors (Lipinski definition) is 0. The lowest BCUT2D eigenvalue weighted by Gasteiger charge is -2.30. The van der Waals surface area contributed by atoms with Gasteiger partial charge in [-0.15, -0.1) is 0 Å². The number of piperazine rings is 1. The summed E-state index contributed by atoms with van der Waals surface area (Å²) >= 11 is 0. The Balaban J connectivity index is 2.61. The van der Waals surface area contributed by atoms with Crippen molar-refractivity contribution in [3.63, 3.8) is 0 Å². The first-order valence-corrected chi connectivity index (χ1v) is 3.60. The highest BCUT2D eigenvalue weighted by atomic mass is 16.2. The van der Waals surface area contributed by atoms with Crippen molar-refractivity contribution >= 4 is 18.1 Å². The van der Waals surface area contributed by atoms with Gasteiger partial charge in [0.15, 0.2) is 0 Å². The van der Waals surface area contributed by atoms with Gasteiger partial charge in [0.25, 0.3) is 0 Å². The molecule has 0 saturated carbocycles. The van der Waals surface area contributed by atoms with Gasteiger partial charge in [0, 0.05) is 7.05 Å². The van der Waals surface area contributed by atoms with Gasteiger partial charge in [-0.3, -0.25) is 9.59 Å². The van der Waals surface area contributed by atoms with Crippen LogP contribution in [0.4, 0.5) is 0 Å². The third kappa shape index (κ3) is 1.61. The number of amides is 2. The third-order valence-electron chi connectivity index (χ3n) is 1.77. The summed E-state index contributed by atoms with van der Waals surface area (Å²) in [4.78, 5) is 34.8. The topological polar surface area (TPSA) is 57.7 Å². The molecule has 0 bridgehead atoms. The van der Waals surface area contributed by atoms with E-state index >= 15 is 0 Å². The molecule has 12 heavy (non-hydrogen) atoms. The molecule has 1 fully saturated rings. The van der Waals surface area contributed by atoms with Crippen molar-refractivity contribution in [1.29, 1.82) is 0 Å². The molecule has 0 unspecified atom stereocenters. The average molecular weight is 170 g/mol. The molecule has 2 amide bonds. The van der Waals surface area contributed by atoms with Crippen LogP contribution in [0.15, 0.2) is 0 Å². The fraction of sp³-hybridized carbons (Fsp3) is 0.571. The summed E-state index contributed by atoms with van der Waals surface area (Å²) in [6, 6.07) is 0. The van der Waals surface area contributed by atoms with Crippen LogP contribution in [-0.2, 0) is 14.4 Å². The van der Waals surface area contributed by atoms with E-state index in [0.29, 0.717) is 6.29 Å². The molecule has 1 saturated heterocycles. The van der Waals surface area contributed by atoms with Crippen LogP contribution in [0.3, 0.4) is 0 Å². The van der Waals surface area contributed by atoms with Crippen molar-refractivity contribution in [2.24, 2.45) is 0 Å². The van der Waals surface area contributed by atoms with Crippen LogP contribution in [0.5, 0.6) is 0 Å². The summed E-state index contributed by atoms with van der Waals surface area (Å²) in [6.45, 7) is 0.110. The van der Waals surface area contributed by atoms with Gasteiger partial charge in [-0.1, -0.05) is 0 Å². The Morgan fingerprint density at radius 3 is 2.58 bits per heavy atom. The predicted molar refractivity (Wildman–Crippen MR) is 40.3 cm³/mol. The lowest BCUT2D eigenvalue weighted by molar-refractivity contribution is -0.149. The quantitative estimate of drug-likeness (QED) is 0.473. The molecule has 5 heteroatoms. The molecule has 0 atom stereocenters. The molecule has 1 aliphatic rings. The SMILES string of the molecule is CN1CC(=O)N(CC=O)CC1=O. The Morgan fingerprint density at radius 1 is 1.33 bits per heavy atom. The van der Waals surface area contributed by atoms with Crippen LogP contribution < -0.4 is 0 Å². The van der Waals surface area contributed by atoms with Crippen molar-refractivity contribution in [3.8, 4) is 0 Å². The van der Waals surface area contributed by atoms with Gasteiger partial charge < -0.3 is 14.6 Å². The van der Waals surface area contributed by atoms with E-state index in [1.807, 2.05) is 0 Å². The smallest absolute Gasteiger partial charge is 0.243 e. The van der Waals surface area contributed by atoms with Crippen LogP contribution >= 0.6 is 0 Å². The summed E-state index contributed by atoms with van der Waals surface area (Å²) in [6.07, 6.45) is 0.622. The van der Waals surface area contributed by atoms with Crippen LogP contribution in [0, 0.1) is 0 Å². The minimum atomic E-state index is -0.177. The lowest BCUT2D eigenvalue weighted by atomic mass is 10.3. The Labute approximate surface area is 69.9 Å². The van der Waals surface area contributed by atoms with Gasteiger partial charge >= 0.3 is 0 Å². The Morgan fingerprint density at radius 2 is 2.00 bits per heavy atom. The van der Waals surface area contributed by atoms with E-state index in [2.05, 4.69) is 0 Å². The number of aldehydes is 1. The second-order valence-electron chi connectivity index (χ2n) is 2.69. The summed E-state index contributed by atoms with van der Waals surface area (Å²) < 4.78 is 0. The molecule has 0 aromatic heterocycles. The zero-order valence-corrected chi connectivity index (χ0v) is 6.82. The first kappa shape index (κ1) is 8.70. The second-order valence-corrected chi connectivity index (χ2v) is 2.69. The standard InChI is InChI=1S/C7H10N2O3/c1-8-4-7(12)9(2-3-10)5-6(8)11/h3H,2,4-5H2,1H3. The Hall–Kier alpha value is -1.39. The minimum absolute atomic E-state index is 0.0123. The molecule has 0 aromatic rings. The number of carbonyl (C=O) groups excluding carboxylic acids is 3. The summed E-state index contributed by atoms with van der Waals surface area (Å²) in [7, 11) is 1.57. The molecule has 5 nitrogen and oxygen atoms in total. The van der Waals surface area contributed by atoms with E-state index in [4.69, 9.17) is 0 Å². The molecular formula is C7H10N2O3. The van der Waals surface area contributed by atoms with E-state index < -0.39 is 0 Å². The number of hydrogen-bond acceptors (Lipinski definition) is 3. The highest BCUT2D eigenvalue weighted by molar-refractivity contribution is 5.93. The molecule has 0 aromatic carbocycles. The minimum Gasteiger partial charge on any atom is -0.335 e. The van der Waals surface area contributed by atoms with Crippen LogP contribution in [0.1, 0.15) is 0 Å². The highest BCUT2D eigenvalue weighted by Gasteiger charge is 2.26. The molecular weight excluding hydrogens is 160 g/mol. The van der Waals surface area contributed by atoms with Crippen LogP contribution in [0.2, 0.25) is 0 Å². The Bertz CT molecular complexity index is 227. The lowest BCUT2D eigenvalue weighted by Crippen LogP contribution is -2.52. The van der Waals surface area contributed by atoms with Gasteiger partial charge in [-0.2, -0.15) is 0 Å². The number of likely N-dealkylation sites (N-methyl/N-ethyl adjacent to an activating group) is 1. The molecule has 0 N–H and O–H groups in total. The molecule has 0 radical (unpaired) electrons. The first-order valence-electron chi connectivity index (χ1n) is 3.60. The molecule has 0 aliphatic carbocycles. The monoisotopic (exact) mass is 170 g/mol. The molecule has 1 aliphatic heterocycles. The van der Waals surface area contributed by atoms with E-state index in [9.17, 15) is 14.4 Å². The van der Waals surface area contributed by atoms with Crippen molar-refractivity contribution in [2.75, 3.05) is 26.7 Å². The summed E-state index contributed by atoms with van der Waals surface area (Å²) in [5.41, 5.74) is 0. The maximum absolute atomic E-state index is 11.1. The first-order chi connectivity index (χ1) is 5.65. The molecule has 0 spiro atoms. The average Bonchev–Trinajstić information content (AvgIpc) is 2.01. The largest absolute Gasteiger partial charge is 0.335 e. The van der Waals surface area contributed by atoms with Crippen molar-refractivity contribution in [1.82, 2.24) is 9.80 Å². The zero-order valence-electron chi connectivity index (χ0n) is 6.82. The van der Waals surface area contributed by atoms with E-state index in [-0.39, 0.29) is 31.4 Å².